The molecular weight excluding hydrogens is 302 g/mol. The van der Waals surface area contributed by atoms with Crippen LogP contribution in [0.4, 0.5) is 0 Å². The zero-order chi connectivity index (χ0) is 17.0. The topological polar surface area (TPSA) is 45.7 Å². The van der Waals surface area contributed by atoms with Crippen LogP contribution in [0.5, 0.6) is 0 Å². The maximum Gasteiger partial charge on any atom is 0.228 e. The van der Waals surface area contributed by atoms with Crippen LogP contribution < -0.4 is 0 Å². The van der Waals surface area contributed by atoms with Crippen LogP contribution in [0.25, 0.3) is 0 Å². The molecule has 24 heavy (non-hydrogen) atoms. The van der Waals surface area contributed by atoms with Crippen LogP contribution in [0.1, 0.15) is 36.9 Å². The van der Waals surface area contributed by atoms with E-state index in [1.807, 2.05) is 17.2 Å². The number of hydrogen-bond donors (Lipinski definition) is 0. The number of rotatable bonds is 5. The number of methoxy groups -OCH3 is 1. The molecule has 5 heteroatoms. The highest BCUT2D eigenvalue weighted by molar-refractivity contribution is 5.84. The van der Waals surface area contributed by atoms with Crippen molar-refractivity contribution in [2.75, 3.05) is 39.9 Å². The molecule has 0 N–H and O–H groups in total. The molecule has 1 aromatic heterocycles. The first-order chi connectivity index (χ1) is 11.6. The summed E-state index contributed by atoms with van der Waals surface area (Å²) in [6.07, 6.45) is 5.96. The molecule has 1 spiro atoms. The minimum Gasteiger partial charge on any atom is -0.383 e. The molecule has 3 heterocycles. The molecule has 0 bridgehead atoms. The van der Waals surface area contributed by atoms with E-state index in [0.717, 1.165) is 64.1 Å². The summed E-state index contributed by atoms with van der Waals surface area (Å²) in [7, 11) is 1.69. The maximum absolute atomic E-state index is 12.9. The third-order valence-corrected chi connectivity index (χ3v) is 5.69. The van der Waals surface area contributed by atoms with Crippen molar-refractivity contribution < 1.29 is 9.53 Å². The molecule has 2 aliphatic heterocycles. The summed E-state index contributed by atoms with van der Waals surface area (Å²) >= 11 is 0. The zero-order valence-corrected chi connectivity index (χ0v) is 15.0. The molecule has 0 radical (unpaired) electrons. The summed E-state index contributed by atoms with van der Waals surface area (Å²) in [6.45, 7) is 7.31. The molecule has 0 unspecified atom stereocenters. The van der Waals surface area contributed by atoms with Crippen LogP contribution in [0.3, 0.4) is 0 Å². The van der Waals surface area contributed by atoms with Gasteiger partial charge in [0.2, 0.25) is 5.91 Å². The lowest BCUT2D eigenvalue weighted by atomic mass is 9.79. The van der Waals surface area contributed by atoms with Gasteiger partial charge in [-0.05, 0) is 57.3 Å². The van der Waals surface area contributed by atoms with E-state index in [4.69, 9.17) is 4.74 Å². The normalized spacial score (nSPS) is 25.4. The lowest BCUT2D eigenvalue weighted by Gasteiger charge is -2.26. The molecule has 1 aromatic rings. The number of amides is 1. The van der Waals surface area contributed by atoms with Crippen LogP contribution in [-0.2, 0) is 16.1 Å². The van der Waals surface area contributed by atoms with Gasteiger partial charge in [-0.3, -0.25) is 14.7 Å². The predicted octanol–water partition coefficient (Wildman–Crippen LogP) is 2.24. The molecule has 0 aromatic carbocycles. The molecule has 0 aliphatic carbocycles. The third kappa shape index (κ3) is 3.62. The van der Waals surface area contributed by atoms with E-state index in [2.05, 4.69) is 22.9 Å². The van der Waals surface area contributed by atoms with E-state index in [1.54, 1.807) is 7.11 Å². The molecule has 2 aliphatic rings. The number of aryl methyl sites for hydroxylation is 1. The van der Waals surface area contributed by atoms with Gasteiger partial charge < -0.3 is 9.64 Å². The third-order valence-electron chi connectivity index (χ3n) is 5.69. The summed E-state index contributed by atoms with van der Waals surface area (Å²) in [5.41, 5.74) is 2.29. The molecule has 1 atom stereocenters. The van der Waals surface area contributed by atoms with Crippen LogP contribution >= 0.6 is 0 Å². The van der Waals surface area contributed by atoms with Crippen molar-refractivity contribution in [3.63, 3.8) is 0 Å². The van der Waals surface area contributed by atoms with Gasteiger partial charge in [0, 0.05) is 32.9 Å². The summed E-state index contributed by atoms with van der Waals surface area (Å²) in [5.74, 6) is 0.357. The Labute approximate surface area is 145 Å². The van der Waals surface area contributed by atoms with Crippen molar-refractivity contribution in [2.45, 2.75) is 39.2 Å². The second-order valence-electron chi connectivity index (χ2n) is 7.21. The Hall–Kier alpha value is -1.46. The lowest BCUT2D eigenvalue weighted by molar-refractivity contribution is -0.137. The Bertz CT molecular complexity index is 577. The Morgan fingerprint density at radius 2 is 2.08 bits per heavy atom. The second kappa shape index (κ2) is 7.62. The fourth-order valence-corrected chi connectivity index (χ4v) is 4.08. The van der Waals surface area contributed by atoms with Crippen molar-refractivity contribution >= 4 is 5.91 Å². The van der Waals surface area contributed by atoms with Gasteiger partial charge in [-0.2, -0.15) is 0 Å². The first-order valence-corrected chi connectivity index (χ1v) is 9.06. The minimum absolute atomic E-state index is 0.123. The Kier molecular flexibility index (Phi) is 5.51. The van der Waals surface area contributed by atoms with E-state index in [9.17, 15) is 4.79 Å². The Balaban J connectivity index is 1.61. The SMILES string of the molecule is COCCN1CC[C@]2(CCCN(Cc3ncccc3C)CC2)C1=O. The van der Waals surface area contributed by atoms with Crippen molar-refractivity contribution in [1.82, 2.24) is 14.8 Å². The van der Waals surface area contributed by atoms with Crippen LogP contribution in [0.15, 0.2) is 18.3 Å². The average molecular weight is 331 g/mol. The van der Waals surface area contributed by atoms with E-state index >= 15 is 0 Å². The lowest BCUT2D eigenvalue weighted by Crippen LogP contribution is -2.37. The molecule has 1 amide bonds. The van der Waals surface area contributed by atoms with Gasteiger partial charge in [-0.25, -0.2) is 0 Å². The number of ether oxygens (including phenoxy) is 1. The van der Waals surface area contributed by atoms with Crippen molar-refractivity contribution in [3.05, 3.63) is 29.6 Å². The summed E-state index contributed by atoms with van der Waals surface area (Å²) in [5, 5.41) is 0. The van der Waals surface area contributed by atoms with Gasteiger partial charge in [0.25, 0.3) is 0 Å². The summed E-state index contributed by atoms with van der Waals surface area (Å²) in [6, 6.07) is 4.11. The van der Waals surface area contributed by atoms with Crippen LogP contribution in [0.2, 0.25) is 0 Å². The van der Waals surface area contributed by atoms with Gasteiger partial charge >= 0.3 is 0 Å². The highest BCUT2D eigenvalue weighted by atomic mass is 16.5. The number of carbonyl (C=O) groups is 1. The predicted molar refractivity (Wildman–Crippen MR) is 93.6 cm³/mol. The van der Waals surface area contributed by atoms with E-state index in [-0.39, 0.29) is 5.41 Å². The van der Waals surface area contributed by atoms with Gasteiger partial charge in [-0.1, -0.05) is 6.07 Å². The molecular formula is C19H29N3O2. The van der Waals surface area contributed by atoms with E-state index < -0.39 is 0 Å². The molecule has 5 nitrogen and oxygen atoms in total. The van der Waals surface area contributed by atoms with E-state index in [0.29, 0.717) is 12.5 Å². The minimum atomic E-state index is -0.123. The summed E-state index contributed by atoms with van der Waals surface area (Å²) in [4.78, 5) is 21.9. The Morgan fingerprint density at radius 1 is 1.25 bits per heavy atom. The maximum atomic E-state index is 12.9. The first-order valence-electron chi connectivity index (χ1n) is 9.06. The number of nitrogens with zero attached hydrogens (tertiary/aromatic N) is 3. The van der Waals surface area contributed by atoms with Gasteiger partial charge in [0.05, 0.1) is 17.7 Å². The van der Waals surface area contributed by atoms with Crippen molar-refractivity contribution in [2.24, 2.45) is 5.41 Å². The Morgan fingerprint density at radius 3 is 2.88 bits per heavy atom. The van der Waals surface area contributed by atoms with Gasteiger partial charge in [0.1, 0.15) is 0 Å². The largest absolute Gasteiger partial charge is 0.383 e. The molecule has 2 fully saturated rings. The monoisotopic (exact) mass is 331 g/mol. The van der Waals surface area contributed by atoms with Crippen molar-refractivity contribution in [1.29, 1.82) is 0 Å². The molecule has 2 saturated heterocycles. The number of pyridine rings is 1. The highest BCUT2D eigenvalue weighted by Crippen LogP contribution is 2.41. The van der Waals surface area contributed by atoms with Crippen LogP contribution in [0, 0.1) is 12.3 Å². The standard InChI is InChI=1S/C19H29N3O2/c1-16-5-3-9-20-17(16)15-21-10-4-6-19(7-11-21)8-12-22(18(19)23)13-14-24-2/h3,5,9H,4,6-8,10-15H2,1-2H3/t19-/m1/s1. The molecule has 0 saturated carbocycles. The van der Waals surface area contributed by atoms with Gasteiger partial charge in [-0.15, -0.1) is 0 Å². The smallest absolute Gasteiger partial charge is 0.228 e. The van der Waals surface area contributed by atoms with Crippen LogP contribution in [-0.4, -0.2) is 60.6 Å². The quantitative estimate of drug-likeness (QED) is 0.830. The van der Waals surface area contributed by atoms with Gasteiger partial charge in [0.15, 0.2) is 0 Å². The average Bonchev–Trinajstić information content (AvgIpc) is 2.76. The fourth-order valence-electron chi connectivity index (χ4n) is 4.08. The first kappa shape index (κ1) is 17.4. The number of carbonyl (C=O) groups excluding carboxylic acids is 1. The number of hydrogen-bond acceptors (Lipinski definition) is 4. The molecule has 132 valence electrons. The zero-order valence-electron chi connectivity index (χ0n) is 15.0. The van der Waals surface area contributed by atoms with Crippen molar-refractivity contribution in [3.8, 4) is 0 Å². The fraction of sp³-hybridized carbons (Fsp3) is 0.684. The highest BCUT2D eigenvalue weighted by Gasteiger charge is 2.46. The van der Waals surface area contributed by atoms with E-state index in [1.165, 1.54) is 5.56 Å². The number of aromatic nitrogens is 1. The molecule has 3 rings (SSSR count). The number of likely N-dealkylation sites (tertiary alicyclic amines) is 2. The summed E-state index contributed by atoms with van der Waals surface area (Å²) < 4.78 is 5.14. The second-order valence-corrected chi connectivity index (χ2v) is 7.21.